The minimum atomic E-state index is -2.10. The van der Waals surface area contributed by atoms with Crippen molar-refractivity contribution >= 4 is 17.9 Å². The fraction of sp³-hybridized carbons (Fsp3) is 0.842. The monoisotopic (exact) mass is 1120 g/mol. The van der Waals surface area contributed by atoms with E-state index in [1.54, 1.807) is 39.8 Å². The molecule has 0 amide bonds. The highest BCUT2D eigenvalue weighted by Gasteiger charge is 2.74. The third-order valence-electron chi connectivity index (χ3n) is 21.3. The maximum Gasteiger partial charge on any atom is 0.335 e. The summed E-state index contributed by atoms with van der Waals surface area (Å²) in [6.07, 6.45) is -20.2. The Kier molecular flexibility index (Phi) is 17.7. The molecule has 79 heavy (non-hydrogen) atoms. The van der Waals surface area contributed by atoms with Crippen LogP contribution in [0.25, 0.3) is 0 Å². The van der Waals surface area contributed by atoms with Crippen molar-refractivity contribution in [2.45, 2.75) is 232 Å². The number of aliphatic carboxylic acids is 1. The van der Waals surface area contributed by atoms with Gasteiger partial charge in [-0.3, -0.25) is 0 Å². The average Bonchev–Trinajstić information content (AvgIpc) is 3.80. The summed E-state index contributed by atoms with van der Waals surface area (Å²) >= 11 is 0. The highest BCUT2D eigenvalue weighted by atomic mass is 16.8. The molecule has 3 heterocycles. The summed E-state index contributed by atoms with van der Waals surface area (Å²) in [5, 5.41) is 121. The van der Waals surface area contributed by atoms with Crippen molar-refractivity contribution in [1.82, 2.24) is 0 Å². The van der Waals surface area contributed by atoms with Gasteiger partial charge in [-0.2, -0.15) is 0 Å². The summed E-state index contributed by atoms with van der Waals surface area (Å²) < 4.78 is 49.2. The van der Waals surface area contributed by atoms with E-state index in [0.717, 1.165) is 5.57 Å². The number of fused-ring (bicyclic) bond motifs is 7. The quantitative estimate of drug-likeness (QED) is 0.0505. The minimum Gasteiger partial charge on any atom is -0.479 e. The molecule has 0 aromatic heterocycles. The molecular weight excluding hydrogens is 1040 g/mol. The number of carboxylic acid groups (broad SMARTS) is 1. The molecule has 0 aromatic rings. The molecule has 4 saturated carbocycles. The lowest BCUT2D eigenvalue weighted by Crippen LogP contribution is -2.72. The van der Waals surface area contributed by atoms with E-state index >= 15 is 0 Å². The Balaban J connectivity index is 1.12. The van der Waals surface area contributed by atoms with E-state index in [0.29, 0.717) is 49.7 Å². The van der Waals surface area contributed by atoms with E-state index in [-0.39, 0.29) is 23.7 Å². The van der Waals surface area contributed by atoms with Crippen LogP contribution in [-0.4, -0.2) is 204 Å². The van der Waals surface area contributed by atoms with Gasteiger partial charge in [0, 0.05) is 16.6 Å². The first-order chi connectivity index (χ1) is 36.9. The molecule has 8 aliphatic rings. The van der Waals surface area contributed by atoms with Gasteiger partial charge in [0.1, 0.15) is 67.1 Å². The van der Waals surface area contributed by atoms with Crippen LogP contribution in [0.3, 0.4) is 0 Å². The first-order valence-corrected chi connectivity index (χ1v) is 28.0. The summed E-state index contributed by atoms with van der Waals surface area (Å²) in [5.41, 5.74) is -2.71. The standard InChI is InChI=1S/C57H88O22/c1-12-25(3)47(70)78-44-45(79-48(71)26(4)13-2)57(24-60)28(20-52(44,5)6)27-14-15-32-54(9)18-17-34(53(7,8)31(54)16-19-55(32,10)56(27,11)21-33(57)61)74-51-43(77-50-39(66)37(64)35(62)29(22-58)72-50)41(40(67)42(76-51)46(68)69)75-49-38(65)36(63)30(23-59)73-49/h12-14,28-45,49-51,58-67H,15-24H2,1-11H3,(H,68,69)/b25-12+,26-13+/t28-,29+,30-,31-,32+,33+,34-,35-,36-,37-,38+,39+,40-,41-,42-,43+,44-,45-,49-,50-,51+,54-,55+,56+,57-/m0/s1. The van der Waals surface area contributed by atoms with Crippen molar-refractivity contribution in [1.29, 1.82) is 0 Å². The van der Waals surface area contributed by atoms with Crippen molar-refractivity contribution < 1.29 is 108 Å². The zero-order valence-corrected chi connectivity index (χ0v) is 47.3. The van der Waals surface area contributed by atoms with Gasteiger partial charge >= 0.3 is 17.9 Å². The number of ether oxygens (including phenoxy) is 8. The molecule has 448 valence electrons. The molecule has 0 radical (unpaired) electrons. The van der Waals surface area contributed by atoms with Crippen LogP contribution >= 0.6 is 0 Å². The number of carbonyl (C=O) groups excluding carboxylic acids is 2. The Morgan fingerprint density at radius 1 is 0.646 bits per heavy atom. The highest BCUT2D eigenvalue weighted by Crippen LogP contribution is 2.76. The molecule has 22 nitrogen and oxygen atoms in total. The molecule has 0 spiro atoms. The van der Waals surface area contributed by atoms with E-state index < -0.39 is 181 Å². The predicted octanol–water partition coefficient (Wildman–Crippen LogP) is 1.29. The van der Waals surface area contributed by atoms with Gasteiger partial charge < -0.3 is 94.1 Å². The van der Waals surface area contributed by atoms with Crippen molar-refractivity contribution in [3.05, 3.63) is 34.9 Å². The Bertz CT molecular complexity index is 2350. The topological polar surface area (TPSA) is 348 Å². The summed E-state index contributed by atoms with van der Waals surface area (Å²) in [4.78, 5) is 40.3. The van der Waals surface area contributed by atoms with Gasteiger partial charge in [0.05, 0.1) is 37.4 Å². The van der Waals surface area contributed by atoms with E-state index in [2.05, 4.69) is 40.7 Å². The molecule has 3 saturated heterocycles. The molecule has 11 N–H and O–H groups in total. The Labute approximate surface area is 461 Å². The molecule has 8 rings (SSSR count). The zero-order chi connectivity index (χ0) is 58.4. The third kappa shape index (κ3) is 9.99. The van der Waals surface area contributed by atoms with Crippen LogP contribution in [0.5, 0.6) is 0 Å². The molecule has 0 bridgehead atoms. The molecular formula is C57H88O22. The van der Waals surface area contributed by atoms with Gasteiger partial charge in [0.2, 0.25) is 0 Å². The number of hydrogen-bond donors (Lipinski definition) is 11. The Hall–Kier alpha value is -3.01. The van der Waals surface area contributed by atoms with Gasteiger partial charge in [0.25, 0.3) is 0 Å². The minimum absolute atomic E-state index is 0.0232. The molecule has 22 heteroatoms. The highest BCUT2D eigenvalue weighted by molar-refractivity contribution is 5.89. The number of aliphatic hydroxyl groups excluding tert-OH is 10. The molecule has 7 fully saturated rings. The van der Waals surface area contributed by atoms with Gasteiger partial charge in [-0.15, -0.1) is 0 Å². The van der Waals surface area contributed by atoms with Crippen LogP contribution in [0.1, 0.15) is 121 Å². The summed E-state index contributed by atoms with van der Waals surface area (Å²) in [6, 6.07) is 0. The first kappa shape index (κ1) is 62.0. The average molecular weight is 1130 g/mol. The lowest BCUT2D eigenvalue weighted by Gasteiger charge is -2.72. The second kappa shape index (κ2) is 22.5. The van der Waals surface area contributed by atoms with Crippen molar-refractivity contribution in [3.8, 4) is 0 Å². The van der Waals surface area contributed by atoms with Crippen LogP contribution in [0, 0.1) is 50.2 Å². The number of carbonyl (C=O) groups is 3. The van der Waals surface area contributed by atoms with Gasteiger partial charge in [-0.05, 0) is 112 Å². The molecule has 5 aliphatic carbocycles. The van der Waals surface area contributed by atoms with E-state index in [4.69, 9.17) is 37.9 Å². The van der Waals surface area contributed by atoms with E-state index in [1.807, 2.05) is 13.8 Å². The first-order valence-electron chi connectivity index (χ1n) is 28.0. The van der Waals surface area contributed by atoms with E-state index in [1.165, 1.54) is 0 Å². The summed E-state index contributed by atoms with van der Waals surface area (Å²) in [6.45, 7) is 19.4. The normalized spacial score (nSPS) is 48.6. The molecule has 0 unspecified atom stereocenters. The van der Waals surface area contributed by atoms with Gasteiger partial charge in [-0.25, -0.2) is 14.4 Å². The lowest BCUT2D eigenvalue weighted by molar-refractivity contribution is -0.386. The predicted molar refractivity (Wildman–Crippen MR) is 275 cm³/mol. The zero-order valence-electron chi connectivity index (χ0n) is 47.3. The third-order valence-corrected chi connectivity index (χ3v) is 21.3. The molecule has 3 aliphatic heterocycles. The van der Waals surface area contributed by atoms with Gasteiger partial charge in [-0.1, -0.05) is 72.3 Å². The van der Waals surface area contributed by atoms with Crippen LogP contribution in [0.4, 0.5) is 0 Å². The Morgan fingerprint density at radius 2 is 1.19 bits per heavy atom. The van der Waals surface area contributed by atoms with Crippen molar-refractivity contribution in [2.24, 2.45) is 50.2 Å². The summed E-state index contributed by atoms with van der Waals surface area (Å²) in [5.74, 6) is -3.40. The van der Waals surface area contributed by atoms with Crippen LogP contribution < -0.4 is 0 Å². The fourth-order valence-corrected chi connectivity index (χ4v) is 16.2. The molecule has 25 atom stereocenters. The number of rotatable bonds is 14. The lowest BCUT2D eigenvalue weighted by atomic mass is 9.33. The number of allylic oxidation sites excluding steroid dienone is 4. The number of esters is 2. The fourth-order valence-electron chi connectivity index (χ4n) is 16.2. The maximum atomic E-state index is 13.8. The van der Waals surface area contributed by atoms with Crippen molar-refractivity contribution in [3.63, 3.8) is 0 Å². The Morgan fingerprint density at radius 3 is 1.73 bits per heavy atom. The smallest absolute Gasteiger partial charge is 0.335 e. The second-order valence-corrected chi connectivity index (χ2v) is 26.0. The number of aliphatic hydroxyl groups is 10. The molecule has 0 aromatic carbocycles. The SMILES string of the molecule is C/C=C(\C)C(=O)O[C@H]1[C@H](OC(=O)/C(C)=C/C)[C@]2(CO)[C@H](O)C[C@]3(C)C(=CC[C@@H]4[C@@]5(C)CC[C@H](O[C@@H]6O[C@H](C(=O)O)[C@@H](O)[C@H](O[C@@H]7O[C@@H](CO)[C@H](O)[C@H]7O)[C@H]6O[C@@H]6O[C@H](CO)[C@H](O)[C@H](O)[C@H]6O)C(C)(C)[C@@H]5CC[C@]43C)[C@@H]2CC1(C)C. The second-order valence-electron chi connectivity index (χ2n) is 26.0. The van der Waals surface area contributed by atoms with Crippen LogP contribution in [-0.2, 0) is 52.3 Å². The van der Waals surface area contributed by atoms with Crippen LogP contribution in [0.15, 0.2) is 34.9 Å². The largest absolute Gasteiger partial charge is 0.479 e. The number of hydrogen-bond acceptors (Lipinski definition) is 21. The van der Waals surface area contributed by atoms with Crippen molar-refractivity contribution in [2.75, 3.05) is 19.8 Å². The maximum absolute atomic E-state index is 13.8. The van der Waals surface area contributed by atoms with Crippen LogP contribution in [0.2, 0.25) is 0 Å². The van der Waals surface area contributed by atoms with E-state index in [9.17, 15) is 70.6 Å². The van der Waals surface area contributed by atoms with Gasteiger partial charge in [0.15, 0.2) is 31.1 Å². The number of carboxylic acids is 1. The summed E-state index contributed by atoms with van der Waals surface area (Å²) in [7, 11) is 0.